The second-order valence-corrected chi connectivity index (χ2v) is 7.25. The van der Waals surface area contributed by atoms with E-state index in [0.29, 0.717) is 5.92 Å². The van der Waals surface area contributed by atoms with Crippen LogP contribution in [0.3, 0.4) is 0 Å². The summed E-state index contributed by atoms with van der Waals surface area (Å²) in [6.45, 7) is 2.20. The average Bonchev–Trinajstić information content (AvgIpc) is 2.41. The molecule has 0 amide bonds. The van der Waals surface area contributed by atoms with E-state index >= 15 is 0 Å². The summed E-state index contributed by atoms with van der Waals surface area (Å²) in [6.07, 6.45) is 4.04. The van der Waals surface area contributed by atoms with Crippen molar-refractivity contribution in [2.45, 2.75) is 42.8 Å². The number of benzene rings is 1. The summed E-state index contributed by atoms with van der Waals surface area (Å²) in [4.78, 5) is 12.6. The zero-order valence-corrected chi connectivity index (χ0v) is 13.4. The van der Waals surface area contributed by atoms with Crippen LogP contribution in [-0.4, -0.2) is 16.3 Å². The molecule has 0 spiro atoms. The van der Waals surface area contributed by atoms with Crippen LogP contribution in [0.15, 0.2) is 33.6 Å². The highest BCUT2D eigenvalue weighted by Gasteiger charge is 2.35. The van der Waals surface area contributed by atoms with Gasteiger partial charge < -0.3 is 5.11 Å². The Bertz CT molecular complexity index is 450. The van der Waals surface area contributed by atoms with Crippen molar-refractivity contribution in [1.82, 2.24) is 0 Å². The summed E-state index contributed by atoms with van der Waals surface area (Å²) >= 11 is 5.26. The predicted molar refractivity (Wildman–Crippen MR) is 82.5 cm³/mol. The summed E-state index contributed by atoms with van der Waals surface area (Å²) in [6, 6.07) is 8.06. The molecule has 0 bridgehead atoms. The van der Waals surface area contributed by atoms with E-state index in [1.165, 1.54) is 0 Å². The number of rotatable bonds is 4. The van der Waals surface area contributed by atoms with Crippen LogP contribution in [0, 0.1) is 11.8 Å². The van der Waals surface area contributed by atoms with Gasteiger partial charge >= 0.3 is 5.97 Å². The minimum atomic E-state index is -0.640. The first-order valence-corrected chi connectivity index (χ1v) is 8.43. The molecule has 1 N–H and O–H groups in total. The second kappa shape index (κ2) is 6.80. The molecule has 0 radical (unpaired) electrons. The fourth-order valence-corrected chi connectivity index (χ4v) is 4.71. The molecule has 19 heavy (non-hydrogen) atoms. The Kier molecular flexibility index (Phi) is 5.34. The maximum atomic E-state index is 11.4. The van der Waals surface area contributed by atoms with Crippen molar-refractivity contribution >= 4 is 33.7 Å². The first-order valence-electron chi connectivity index (χ1n) is 6.75. The van der Waals surface area contributed by atoms with Gasteiger partial charge in [0.2, 0.25) is 0 Å². The quantitative estimate of drug-likeness (QED) is 0.852. The Labute approximate surface area is 127 Å². The van der Waals surface area contributed by atoms with Crippen molar-refractivity contribution in [2.24, 2.45) is 11.8 Å². The van der Waals surface area contributed by atoms with E-state index in [1.807, 2.05) is 18.2 Å². The minimum Gasteiger partial charge on any atom is -0.481 e. The summed E-state index contributed by atoms with van der Waals surface area (Å²) < 4.78 is 1.06. The highest BCUT2D eigenvalue weighted by Crippen LogP contribution is 2.42. The van der Waals surface area contributed by atoms with E-state index in [0.717, 1.165) is 35.1 Å². The SMILES string of the molecule is CCC1CCC(C(=O)O)C(Sc2ccccc2Br)C1. The molecular formula is C15H19BrO2S. The van der Waals surface area contributed by atoms with Gasteiger partial charge in [-0.2, -0.15) is 0 Å². The lowest BCUT2D eigenvalue weighted by Gasteiger charge is -2.33. The van der Waals surface area contributed by atoms with Crippen molar-refractivity contribution in [1.29, 1.82) is 0 Å². The number of hydrogen-bond acceptors (Lipinski definition) is 2. The molecule has 0 saturated heterocycles. The van der Waals surface area contributed by atoms with Crippen LogP contribution in [0.2, 0.25) is 0 Å². The van der Waals surface area contributed by atoms with Gasteiger partial charge in [-0.1, -0.05) is 25.5 Å². The third kappa shape index (κ3) is 3.76. The Morgan fingerprint density at radius 3 is 2.79 bits per heavy atom. The van der Waals surface area contributed by atoms with Crippen LogP contribution in [0.4, 0.5) is 0 Å². The van der Waals surface area contributed by atoms with Gasteiger partial charge in [0.25, 0.3) is 0 Å². The van der Waals surface area contributed by atoms with Crippen molar-refractivity contribution in [3.63, 3.8) is 0 Å². The smallest absolute Gasteiger partial charge is 0.307 e. The molecule has 0 aliphatic heterocycles. The third-order valence-electron chi connectivity index (χ3n) is 3.91. The number of aliphatic carboxylic acids is 1. The fraction of sp³-hybridized carbons (Fsp3) is 0.533. The van der Waals surface area contributed by atoms with Gasteiger partial charge in [-0.05, 0) is 53.2 Å². The molecule has 0 heterocycles. The maximum absolute atomic E-state index is 11.4. The number of halogens is 1. The van der Waals surface area contributed by atoms with Gasteiger partial charge in [-0.3, -0.25) is 4.79 Å². The molecule has 1 aromatic carbocycles. The van der Waals surface area contributed by atoms with Crippen LogP contribution < -0.4 is 0 Å². The van der Waals surface area contributed by atoms with Crippen LogP contribution in [0.25, 0.3) is 0 Å². The van der Waals surface area contributed by atoms with E-state index in [4.69, 9.17) is 0 Å². The van der Waals surface area contributed by atoms with Gasteiger partial charge in [0.05, 0.1) is 5.92 Å². The van der Waals surface area contributed by atoms with Crippen molar-refractivity contribution in [3.8, 4) is 0 Å². The zero-order valence-electron chi connectivity index (χ0n) is 11.0. The molecule has 1 aromatic rings. The van der Waals surface area contributed by atoms with Gasteiger partial charge in [0.1, 0.15) is 0 Å². The molecule has 0 aromatic heterocycles. The largest absolute Gasteiger partial charge is 0.481 e. The summed E-state index contributed by atoms with van der Waals surface area (Å²) in [7, 11) is 0. The second-order valence-electron chi connectivity index (χ2n) is 5.12. The minimum absolute atomic E-state index is 0.190. The zero-order chi connectivity index (χ0) is 13.8. The normalized spacial score (nSPS) is 27.2. The van der Waals surface area contributed by atoms with Crippen molar-refractivity contribution < 1.29 is 9.90 Å². The number of carbonyl (C=O) groups is 1. The molecule has 2 rings (SSSR count). The molecule has 3 unspecified atom stereocenters. The number of hydrogen-bond donors (Lipinski definition) is 1. The summed E-state index contributed by atoms with van der Waals surface area (Å²) in [5.41, 5.74) is 0. The van der Waals surface area contributed by atoms with Crippen LogP contribution in [0.1, 0.15) is 32.6 Å². The lowest BCUT2D eigenvalue weighted by atomic mass is 9.80. The molecule has 3 atom stereocenters. The summed E-state index contributed by atoms with van der Waals surface area (Å²) in [5.74, 6) is -0.172. The molecule has 1 aliphatic rings. The van der Waals surface area contributed by atoms with Crippen LogP contribution in [-0.2, 0) is 4.79 Å². The predicted octanol–water partition coefficient (Wildman–Crippen LogP) is 4.82. The number of thioether (sulfide) groups is 1. The maximum Gasteiger partial charge on any atom is 0.307 e. The summed E-state index contributed by atoms with van der Waals surface area (Å²) in [5, 5.41) is 9.58. The molecule has 1 fully saturated rings. The van der Waals surface area contributed by atoms with Crippen molar-refractivity contribution in [2.75, 3.05) is 0 Å². The van der Waals surface area contributed by atoms with Crippen LogP contribution in [0.5, 0.6) is 0 Å². The number of carboxylic acids is 1. The first-order chi connectivity index (χ1) is 9.11. The van der Waals surface area contributed by atoms with Gasteiger partial charge in [0, 0.05) is 14.6 Å². The average molecular weight is 343 g/mol. The van der Waals surface area contributed by atoms with E-state index in [2.05, 4.69) is 28.9 Å². The highest BCUT2D eigenvalue weighted by molar-refractivity contribution is 9.10. The molecule has 1 aliphatic carbocycles. The highest BCUT2D eigenvalue weighted by atomic mass is 79.9. The Balaban J connectivity index is 2.13. The standard InChI is InChI=1S/C15H19BrO2S/c1-2-10-7-8-11(15(17)18)14(9-10)19-13-6-4-3-5-12(13)16/h3-6,10-11,14H,2,7-9H2,1H3,(H,17,18). The van der Waals surface area contributed by atoms with E-state index < -0.39 is 5.97 Å². The van der Waals surface area contributed by atoms with Crippen LogP contribution >= 0.6 is 27.7 Å². The fourth-order valence-electron chi connectivity index (χ4n) is 2.70. The van der Waals surface area contributed by atoms with E-state index in [9.17, 15) is 9.90 Å². The lowest BCUT2D eigenvalue weighted by Crippen LogP contribution is -2.32. The molecule has 104 valence electrons. The monoisotopic (exact) mass is 342 g/mol. The molecule has 1 saturated carbocycles. The van der Waals surface area contributed by atoms with E-state index in [-0.39, 0.29) is 11.2 Å². The Morgan fingerprint density at radius 1 is 1.42 bits per heavy atom. The Hall–Kier alpha value is -0.480. The topological polar surface area (TPSA) is 37.3 Å². The van der Waals surface area contributed by atoms with Crippen molar-refractivity contribution in [3.05, 3.63) is 28.7 Å². The lowest BCUT2D eigenvalue weighted by molar-refractivity contribution is -0.142. The third-order valence-corrected chi connectivity index (χ3v) is 6.30. The Morgan fingerprint density at radius 2 is 2.16 bits per heavy atom. The molecule has 4 heteroatoms. The molecule has 2 nitrogen and oxygen atoms in total. The number of carboxylic acid groups (broad SMARTS) is 1. The first kappa shape index (κ1) is 14.9. The van der Waals surface area contributed by atoms with Gasteiger partial charge in [-0.15, -0.1) is 11.8 Å². The molecular weight excluding hydrogens is 324 g/mol. The van der Waals surface area contributed by atoms with Gasteiger partial charge in [-0.25, -0.2) is 0 Å². The van der Waals surface area contributed by atoms with E-state index in [1.54, 1.807) is 11.8 Å². The van der Waals surface area contributed by atoms with Gasteiger partial charge in [0.15, 0.2) is 0 Å².